The van der Waals surface area contributed by atoms with Crippen molar-refractivity contribution in [2.24, 2.45) is 0 Å². The van der Waals surface area contributed by atoms with Crippen molar-refractivity contribution >= 4 is 5.91 Å². The lowest BCUT2D eigenvalue weighted by Crippen LogP contribution is -2.24. The summed E-state index contributed by atoms with van der Waals surface area (Å²) in [6, 6.07) is 27.5. The van der Waals surface area contributed by atoms with Crippen LogP contribution in [0, 0.1) is 27.7 Å². The van der Waals surface area contributed by atoms with Gasteiger partial charge in [-0.3, -0.25) is 4.79 Å². The minimum atomic E-state index is -0.0615. The van der Waals surface area contributed by atoms with Crippen molar-refractivity contribution in [2.45, 2.75) is 66.2 Å². The average molecular weight is 564 g/mol. The molecular weight excluding hydrogens is 518 g/mol. The smallest absolute Gasteiger partial charge is 0.251 e. The Bertz CT molecular complexity index is 1360. The molecule has 4 aromatic rings. The van der Waals surface area contributed by atoms with E-state index in [2.05, 4.69) is 99.7 Å². The van der Waals surface area contributed by atoms with Crippen LogP contribution in [0.2, 0.25) is 0 Å². The largest absolute Gasteiger partial charge is 0.466 e. The molecule has 0 aromatic heterocycles. The van der Waals surface area contributed by atoms with Gasteiger partial charge in [0.05, 0.1) is 0 Å². The zero-order chi connectivity index (χ0) is 29.9. The summed E-state index contributed by atoms with van der Waals surface area (Å²) in [4.78, 5) is 13.5. The van der Waals surface area contributed by atoms with Crippen LogP contribution in [0.3, 0.4) is 0 Å². The van der Waals surface area contributed by atoms with Crippen LogP contribution < -0.4 is 10.1 Å². The lowest BCUT2D eigenvalue weighted by molar-refractivity contribution is 0.0519. The predicted octanol–water partition coefficient (Wildman–Crippen LogP) is 9.16. The van der Waals surface area contributed by atoms with Crippen molar-refractivity contribution in [3.8, 4) is 28.0 Å². The number of amides is 1. The van der Waals surface area contributed by atoms with Gasteiger partial charge in [0.1, 0.15) is 5.75 Å². The third-order valence-corrected chi connectivity index (χ3v) is 7.51. The molecule has 4 heteroatoms. The van der Waals surface area contributed by atoms with Gasteiger partial charge in [-0.25, -0.2) is 0 Å². The van der Waals surface area contributed by atoms with E-state index in [1.807, 2.05) is 12.1 Å². The van der Waals surface area contributed by atoms with E-state index in [1.165, 1.54) is 24.8 Å². The van der Waals surface area contributed by atoms with Crippen molar-refractivity contribution in [3.63, 3.8) is 0 Å². The van der Waals surface area contributed by atoms with Crippen LogP contribution in [-0.2, 0) is 11.2 Å². The Morgan fingerprint density at radius 1 is 0.667 bits per heavy atom. The van der Waals surface area contributed by atoms with E-state index in [1.54, 1.807) is 7.11 Å². The Morgan fingerprint density at radius 2 is 1.19 bits per heavy atom. The lowest BCUT2D eigenvalue weighted by atomic mass is 9.91. The molecule has 0 fully saturated rings. The van der Waals surface area contributed by atoms with E-state index < -0.39 is 0 Å². The monoisotopic (exact) mass is 563 g/mol. The van der Waals surface area contributed by atoms with Gasteiger partial charge >= 0.3 is 0 Å². The molecule has 1 amide bonds. The fourth-order valence-electron chi connectivity index (χ4n) is 5.66. The van der Waals surface area contributed by atoms with Crippen molar-refractivity contribution in [1.29, 1.82) is 0 Å². The van der Waals surface area contributed by atoms with Gasteiger partial charge in [-0.2, -0.15) is 0 Å². The van der Waals surface area contributed by atoms with Gasteiger partial charge in [-0.15, -0.1) is 0 Å². The maximum absolute atomic E-state index is 13.5. The molecule has 0 radical (unpaired) electrons. The van der Waals surface area contributed by atoms with Gasteiger partial charge in [0, 0.05) is 30.3 Å². The first-order chi connectivity index (χ1) is 20.3. The summed E-state index contributed by atoms with van der Waals surface area (Å²) in [6.45, 7) is 9.15. The Kier molecular flexibility index (Phi) is 11.4. The maximum Gasteiger partial charge on any atom is 0.251 e. The van der Waals surface area contributed by atoms with Gasteiger partial charge in [-0.05, 0) is 75.8 Å². The quantitative estimate of drug-likeness (QED) is 0.123. The van der Waals surface area contributed by atoms with Crippen LogP contribution in [0.25, 0.3) is 22.3 Å². The first-order valence-corrected chi connectivity index (χ1v) is 15.1. The second-order valence-corrected chi connectivity index (χ2v) is 11.5. The number of hydrogen-bond donors (Lipinski definition) is 1. The summed E-state index contributed by atoms with van der Waals surface area (Å²) >= 11 is 0. The highest BCUT2D eigenvalue weighted by molar-refractivity contribution is 5.99. The molecular formula is C38H45NO3. The molecule has 0 aliphatic rings. The molecule has 4 nitrogen and oxygen atoms in total. The molecule has 0 heterocycles. The zero-order valence-electron chi connectivity index (χ0n) is 25.9. The van der Waals surface area contributed by atoms with Gasteiger partial charge < -0.3 is 14.8 Å². The number of benzene rings is 4. The first kappa shape index (κ1) is 31.1. The van der Waals surface area contributed by atoms with Crippen molar-refractivity contribution in [2.75, 3.05) is 20.4 Å². The number of carbonyl (C=O) groups is 1. The summed E-state index contributed by atoms with van der Waals surface area (Å²) in [5.74, 6) is 0.660. The molecule has 0 aliphatic carbocycles. The van der Waals surface area contributed by atoms with Gasteiger partial charge in [0.15, 0.2) is 6.79 Å². The van der Waals surface area contributed by atoms with Gasteiger partial charge in [0.25, 0.3) is 5.91 Å². The molecule has 4 rings (SSSR count). The third kappa shape index (κ3) is 8.80. The molecule has 0 aliphatic heterocycles. The van der Waals surface area contributed by atoms with Crippen molar-refractivity contribution in [3.05, 3.63) is 112 Å². The molecule has 0 saturated carbocycles. The number of nitrogens with one attached hydrogen (secondary N) is 1. The summed E-state index contributed by atoms with van der Waals surface area (Å²) in [5, 5.41) is 3.18. The van der Waals surface area contributed by atoms with Crippen LogP contribution in [0.15, 0.2) is 78.9 Å². The molecule has 42 heavy (non-hydrogen) atoms. The third-order valence-electron chi connectivity index (χ3n) is 7.51. The summed E-state index contributed by atoms with van der Waals surface area (Å²) in [7, 11) is 1.62. The standard InChI is InChI=1S/C38H45NO3/c1-27-18-28(2)21-32(20-27)35-24-34(25-36(37(35)42-26-41-5)33-22-29(3)19-30(4)23-33)38(40)39-17-13-8-6-7-10-14-31-15-11-9-12-16-31/h9,11-12,15-16,18-25H,6-8,10,13-14,17,26H2,1-5H3,(H,39,40). The first-order valence-electron chi connectivity index (χ1n) is 15.1. The van der Waals surface area contributed by atoms with E-state index in [0.29, 0.717) is 12.1 Å². The van der Waals surface area contributed by atoms with Crippen LogP contribution >= 0.6 is 0 Å². The maximum atomic E-state index is 13.5. The summed E-state index contributed by atoms with van der Waals surface area (Å²) in [5.41, 5.74) is 10.5. The van der Waals surface area contributed by atoms with E-state index in [4.69, 9.17) is 9.47 Å². The number of rotatable bonds is 14. The highest BCUT2D eigenvalue weighted by Crippen LogP contribution is 2.41. The number of ether oxygens (including phenoxy) is 2. The minimum Gasteiger partial charge on any atom is -0.466 e. The number of aryl methyl sites for hydroxylation is 5. The zero-order valence-corrected chi connectivity index (χ0v) is 25.9. The van der Waals surface area contributed by atoms with Crippen LogP contribution in [-0.4, -0.2) is 26.4 Å². The van der Waals surface area contributed by atoms with Gasteiger partial charge in [-0.1, -0.05) is 108 Å². The van der Waals surface area contributed by atoms with Crippen LogP contribution in [0.5, 0.6) is 5.75 Å². The fraction of sp³-hybridized carbons (Fsp3) is 0.342. The highest BCUT2D eigenvalue weighted by atomic mass is 16.7. The van der Waals surface area contributed by atoms with E-state index in [0.717, 1.165) is 69.5 Å². The number of unbranched alkanes of at least 4 members (excludes halogenated alkanes) is 4. The molecule has 0 bridgehead atoms. The lowest BCUT2D eigenvalue weighted by Gasteiger charge is -2.19. The molecule has 0 saturated heterocycles. The number of methoxy groups -OCH3 is 1. The minimum absolute atomic E-state index is 0.0615. The highest BCUT2D eigenvalue weighted by Gasteiger charge is 2.20. The normalized spacial score (nSPS) is 11.0. The summed E-state index contributed by atoms with van der Waals surface area (Å²) in [6.07, 6.45) is 6.82. The molecule has 0 spiro atoms. The van der Waals surface area contributed by atoms with Crippen molar-refractivity contribution in [1.82, 2.24) is 5.32 Å². The number of carbonyl (C=O) groups excluding carboxylic acids is 1. The predicted molar refractivity (Wildman–Crippen MR) is 174 cm³/mol. The van der Waals surface area contributed by atoms with Crippen molar-refractivity contribution < 1.29 is 14.3 Å². The van der Waals surface area contributed by atoms with E-state index >= 15 is 0 Å². The second-order valence-electron chi connectivity index (χ2n) is 11.5. The molecule has 0 unspecified atom stereocenters. The van der Waals surface area contributed by atoms with E-state index in [9.17, 15) is 4.79 Å². The molecule has 1 N–H and O–H groups in total. The van der Waals surface area contributed by atoms with Crippen LogP contribution in [0.1, 0.15) is 70.3 Å². The Morgan fingerprint density at radius 3 is 1.74 bits per heavy atom. The average Bonchev–Trinajstić information content (AvgIpc) is 2.96. The Hall–Kier alpha value is -3.89. The molecule has 220 valence electrons. The van der Waals surface area contributed by atoms with Crippen LogP contribution in [0.4, 0.5) is 0 Å². The SMILES string of the molecule is COCOc1c(-c2cc(C)cc(C)c2)cc(C(=O)NCCCCCCCc2ccccc2)cc1-c1cc(C)cc(C)c1. The molecule has 0 atom stereocenters. The molecule has 4 aromatic carbocycles. The topological polar surface area (TPSA) is 47.6 Å². The second kappa shape index (κ2) is 15.4. The number of hydrogen-bond acceptors (Lipinski definition) is 3. The summed E-state index contributed by atoms with van der Waals surface area (Å²) < 4.78 is 11.6. The Balaban J connectivity index is 1.53. The van der Waals surface area contributed by atoms with Gasteiger partial charge in [0.2, 0.25) is 0 Å². The Labute approximate surface area is 252 Å². The van der Waals surface area contributed by atoms with E-state index in [-0.39, 0.29) is 12.7 Å². The fourth-order valence-corrected chi connectivity index (χ4v) is 5.66.